The lowest BCUT2D eigenvalue weighted by atomic mass is 9.97. The van der Waals surface area contributed by atoms with E-state index in [-0.39, 0.29) is 0 Å². The molecule has 0 aliphatic heterocycles. The Bertz CT molecular complexity index is 308. The standard InChI is InChI=1S/C10H17N3O/c1-3-4-10(11,8-14)7-13-6-5-12-9(13)2/h5-6,8H,3-4,7,11H2,1-2H3. The molecular weight excluding hydrogens is 178 g/mol. The van der Waals surface area contributed by atoms with Crippen LogP contribution in [0.4, 0.5) is 0 Å². The summed E-state index contributed by atoms with van der Waals surface area (Å²) in [5, 5.41) is 0. The number of aryl methyl sites for hydroxylation is 1. The topological polar surface area (TPSA) is 60.9 Å². The maximum Gasteiger partial charge on any atom is 0.141 e. The zero-order valence-electron chi connectivity index (χ0n) is 8.73. The van der Waals surface area contributed by atoms with Crippen molar-refractivity contribution in [3.05, 3.63) is 18.2 Å². The fourth-order valence-electron chi connectivity index (χ4n) is 1.53. The van der Waals surface area contributed by atoms with Crippen LogP contribution in [0.1, 0.15) is 25.6 Å². The van der Waals surface area contributed by atoms with Gasteiger partial charge in [-0.15, -0.1) is 0 Å². The van der Waals surface area contributed by atoms with Crippen LogP contribution in [0.2, 0.25) is 0 Å². The van der Waals surface area contributed by atoms with Crippen LogP contribution in [0.3, 0.4) is 0 Å². The zero-order chi connectivity index (χ0) is 10.6. The second-order valence-electron chi connectivity index (χ2n) is 3.70. The largest absolute Gasteiger partial charge is 0.333 e. The highest BCUT2D eigenvalue weighted by Gasteiger charge is 2.24. The first kappa shape index (κ1) is 10.9. The molecule has 0 amide bonds. The lowest BCUT2D eigenvalue weighted by Crippen LogP contribution is -2.45. The van der Waals surface area contributed by atoms with Gasteiger partial charge in [0.25, 0.3) is 0 Å². The minimum Gasteiger partial charge on any atom is -0.333 e. The van der Waals surface area contributed by atoms with Crippen molar-refractivity contribution >= 4 is 6.29 Å². The van der Waals surface area contributed by atoms with Crippen LogP contribution in [-0.2, 0) is 11.3 Å². The summed E-state index contributed by atoms with van der Waals surface area (Å²) in [6.07, 6.45) is 6.01. The van der Waals surface area contributed by atoms with Gasteiger partial charge in [-0.25, -0.2) is 4.98 Å². The summed E-state index contributed by atoms with van der Waals surface area (Å²) in [6, 6.07) is 0. The van der Waals surface area contributed by atoms with E-state index >= 15 is 0 Å². The Kier molecular flexibility index (Phi) is 3.41. The normalized spacial score (nSPS) is 15.1. The SMILES string of the molecule is CCCC(N)(C=O)Cn1ccnc1C. The van der Waals surface area contributed by atoms with Crippen molar-refractivity contribution in [3.8, 4) is 0 Å². The monoisotopic (exact) mass is 195 g/mol. The third kappa shape index (κ3) is 2.42. The lowest BCUT2D eigenvalue weighted by molar-refractivity contribution is -0.112. The van der Waals surface area contributed by atoms with Crippen molar-refractivity contribution in [3.63, 3.8) is 0 Å². The molecular formula is C10H17N3O. The summed E-state index contributed by atoms with van der Waals surface area (Å²) >= 11 is 0. The van der Waals surface area contributed by atoms with Gasteiger partial charge >= 0.3 is 0 Å². The minimum atomic E-state index is -0.750. The molecule has 1 heterocycles. The van der Waals surface area contributed by atoms with E-state index in [2.05, 4.69) is 4.98 Å². The Balaban J connectivity index is 2.74. The van der Waals surface area contributed by atoms with E-state index in [0.717, 1.165) is 18.5 Å². The van der Waals surface area contributed by atoms with Crippen LogP contribution in [0.5, 0.6) is 0 Å². The number of carbonyl (C=O) groups excluding carboxylic acids is 1. The first-order chi connectivity index (χ1) is 6.61. The molecule has 14 heavy (non-hydrogen) atoms. The molecule has 4 nitrogen and oxygen atoms in total. The Labute approximate surface area is 84.1 Å². The number of nitrogens with zero attached hydrogens (tertiary/aromatic N) is 2. The molecule has 1 aromatic rings. The fraction of sp³-hybridized carbons (Fsp3) is 0.600. The van der Waals surface area contributed by atoms with E-state index in [4.69, 9.17) is 5.73 Å². The first-order valence-corrected chi connectivity index (χ1v) is 4.84. The van der Waals surface area contributed by atoms with Crippen LogP contribution in [-0.4, -0.2) is 21.4 Å². The fourth-order valence-corrected chi connectivity index (χ4v) is 1.53. The number of imidazole rings is 1. The molecule has 1 atom stereocenters. The predicted octanol–water partition coefficient (Wildman–Crippen LogP) is 0.888. The van der Waals surface area contributed by atoms with Crippen molar-refractivity contribution < 1.29 is 4.79 Å². The van der Waals surface area contributed by atoms with E-state index in [1.807, 2.05) is 24.6 Å². The van der Waals surface area contributed by atoms with E-state index in [0.29, 0.717) is 13.0 Å². The average Bonchev–Trinajstić information content (AvgIpc) is 2.52. The van der Waals surface area contributed by atoms with Gasteiger partial charge in [-0.1, -0.05) is 13.3 Å². The third-order valence-electron chi connectivity index (χ3n) is 2.34. The second-order valence-corrected chi connectivity index (χ2v) is 3.70. The summed E-state index contributed by atoms with van der Waals surface area (Å²) in [5.41, 5.74) is 5.20. The number of hydrogen-bond donors (Lipinski definition) is 1. The highest BCUT2D eigenvalue weighted by molar-refractivity contribution is 5.63. The summed E-state index contributed by atoms with van der Waals surface area (Å²) < 4.78 is 1.91. The zero-order valence-corrected chi connectivity index (χ0v) is 8.73. The highest BCUT2D eigenvalue weighted by Crippen LogP contribution is 2.11. The minimum absolute atomic E-state index is 0.510. The van der Waals surface area contributed by atoms with Gasteiger partial charge in [-0.05, 0) is 13.3 Å². The molecule has 1 unspecified atom stereocenters. The number of aromatic nitrogens is 2. The molecule has 0 saturated heterocycles. The van der Waals surface area contributed by atoms with Crippen molar-refractivity contribution in [1.82, 2.24) is 9.55 Å². The molecule has 0 bridgehead atoms. The summed E-state index contributed by atoms with van der Waals surface area (Å²) in [5.74, 6) is 0.887. The van der Waals surface area contributed by atoms with E-state index in [1.165, 1.54) is 0 Å². The second kappa shape index (κ2) is 4.37. The third-order valence-corrected chi connectivity index (χ3v) is 2.34. The molecule has 78 valence electrons. The Morgan fingerprint density at radius 1 is 1.71 bits per heavy atom. The summed E-state index contributed by atoms with van der Waals surface area (Å²) in [7, 11) is 0. The molecule has 0 aliphatic rings. The first-order valence-electron chi connectivity index (χ1n) is 4.84. The molecule has 0 spiro atoms. The summed E-state index contributed by atoms with van der Waals surface area (Å²) in [4.78, 5) is 15.0. The van der Waals surface area contributed by atoms with Gasteiger partial charge in [-0.3, -0.25) is 0 Å². The van der Waals surface area contributed by atoms with Gasteiger partial charge < -0.3 is 15.1 Å². The molecule has 0 fully saturated rings. The molecule has 0 saturated carbocycles. The molecule has 4 heteroatoms. The molecule has 1 rings (SSSR count). The number of aldehydes is 1. The van der Waals surface area contributed by atoms with Gasteiger partial charge in [0.15, 0.2) is 0 Å². The van der Waals surface area contributed by atoms with Crippen LogP contribution in [0.25, 0.3) is 0 Å². The Hall–Kier alpha value is -1.16. The number of nitrogens with two attached hydrogens (primary N) is 1. The number of carbonyl (C=O) groups is 1. The molecule has 0 aliphatic carbocycles. The van der Waals surface area contributed by atoms with Gasteiger partial charge in [0.2, 0.25) is 0 Å². The van der Waals surface area contributed by atoms with E-state index in [1.54, 1.807) is 6.20 Å². The Morgan fingerprint density at radius 2 is 2.43 bits per heavy atom. The van der Waals surface area contributed by atoms with Gasteiger partial charge in [0.05, 0.1) is 5.54 Å². The van der Waals surface area contributed by atoms with Crippen molar-refractivity contribution in [2.24, 2.45) is 5.73 Å². The number of hydrogen-bond acceptors (Lipinski definition) is 3. The van der Waals surface area contributed by atoms with E-state index in [9.17, 15) is 4.79 Å². The van der Waals surface area contributed by atoms with Crippen LogP contribution < -0.4 is 5.73 Å². The highest BCUT2D eigenvalue weighted by atomic mass is 16.1. The molecule has 0 aromatic carbocycles. The van der Waals surface area contributed by atoms with Crippen molar-refractivity contribution in [1.29, 1.82) is 0 Å². The molecule has 0 radical (unpaired) electrons. The molecule has 2 N–H and O–H groups in total. The van der Waals surface area contributed by atoms with Crippen LogP contribution in [0, 0.1) is 6.92 Å². The van der Waals surface area contributed by atoms with Gasteiger partial charge in [0, 0.05) is 18.9 Å². The smallest absolute Gasteiger partial charge is 0.141 e. The predicted molar refractivity (Wildman–Crippen MR) is 54.9 cm³/mol. The van der Waals surface area contributed by atoms with Gasteiger partial charge in [-0.2, -0.15) is 0 Å². The van der Waals surface area contributed by atoms with Crippen LogP contribution >= 0.6 is 0 Å². The Morgan fingerprint density at radius 3 is 2.86 bits per heavy atom. The van der Waals surface area contributed by atoms with E-state index < -0.39 is 5.54 Å². The lowest BCUT2D eigenvalue weighted by Gasteiger charge is -2.23. The number of rotatable bonds is 5. The van der Waals surface area contributed by atoms with Crippen LogP contribution in [0.15, 0.2) is 12.4 Å². The van der Waals surface area contributed by atoms with Crippen molar-refractivity contribution in [2.75, 3.05) is 0 Å². The van der Waals surface area contributed by atoms with Crippen molar-refractivity contribution in [2.45, 2.75) is 38.8 Å². The quantitative estimate of drug-likeness (QED) is 0.710. The maximum absolute atomic E-state index is 10.9. The summed E-state index contributed by atoms with van der Waals surface area (Å²) in [6.45, 7) is 4.43. The average molecular weight is 195 g/mol. The van der Waals surface area contributed by atoms with Gasteiger partial charge in [0.1, 0.15) is 12.1 Å². The molecule has 1 aromatic heterocycles. The maximum atomic E-state index is 10.9.